The maximum Gasteiger partial charge on any atom is 0.339 e. The summed E-state index contributed by atoms with van der Waals surface area (Å²) in [4.78, 5) is 11.8. The number of esters is 1. The van der Waals surface area contributed by atoms with Crippen LogP contribution in [0.1, 0.15) is 34.3 Å². The molecule has 1 aliphatic rings. The van der Waals surface area contributed by atoms with Gasteiger partial charge in [-0.2, -0.15) is 0 Å². The summed E-state index contributed by atoms with van der Waals surface area (Å²) < 4.78 is 38.4. The Hall–Kier alpha value is -2.25. The van der Waals surface area contributed by atoms with Crippen LogP contribution >= 0.6 is 11.6 Å². The summed E-state index contributed by atoms with van der Waals surface area (Å²) in [6.07, 6.45) is 3.88. The number of anilines is 1. The molecule has 1 aliphatic carbocycles. The average Bonchev–Trinajstić information content (AvgIpc) is 2.67. The molecule has 1 N–H and O–H groups in total. The van der Waals surface area contributed by atoms with Crippen LogP contribution in [0.25, 0.3) is 0 Å². The van der Waals surface area contributed by atoms with Crippen LogP contribution in [0.4, 0.5) is 5.69 Å². The van der Waals surface area contributed by atoms with E-state index < -0.39 is 16.0 Å². The van der Waals surface area contributed by atoms with Crippen molar-refractivity contribution >= 4 is 33.3 Å². The van der Waals surface area contributed by atoms with Gasteiger partial charge in [0.05, 0.1) is 24.8 Å². The first-order valence-corrected chi connectivity index (χ1v) is 10.3. The molecule has 0 amide bonds. The molecular weight excluding hydrogens is 390 g/mol. The van der Waals surface area contributed by atoms with Crippen molar-refractivity contribution in [2.75, 3.05) is 18.9 Å². The smallest absolute Gasteiger partial charge is 0.339 e. The third kappa shape index (κ3) is 4.04. The lowest BCUT2D eigenvalue weighted by molar-refractivity contribution is 0.0601. The zero-order valence-corrected chi connectivity index (χ0v) is 16.6. The molecule has 27 heavy (non-hydrogen) atoms. The molecule has 2 aromatic carbocycles. The van der Waals surface area contributed by atoms with Crippen LogP contribution < -0.4 is 9.46 Å². The monoisotopic (exact) mass is 409 g/mol. The van der Waals surface area contributed by atoms with E-state index in [4.69, 9.17) is 16.3 Å². The van der Waals surface area contributed by atoms with E-state index in [1.807, 2.05) is 0 Å². The van der Waals surface area contributed by atoms with Crippen LogP contribution in [0.3, 0.4) is 0 Å². The van der Waals surface area contributed by atoms with Gasteiger partial charge in [-0.05, 0) is 67.1 Å². The number of fused-ring (bicyclic) bond motifs is 1. The normalized spacial score (nSPS) is 13.6. The Morgan fingerprint density at radius 2 is 1.74 bits per heavy atom. The molecule has 0 saturated heterocycles. The number of hydrogen-bond acceptors (Lipinski definition) is 5. The number of sulfonamides is 1. The Kier molecular flexibility index (Phi) is 5.62. The molecular formula is C19H20ClNO5S. The van der Waals surface area contributed by atoms with Crippen LogP contribution in [-0.4, -0.2) is 28.6 Å². The fraction of sp³-hybridized carbons (Fsp3) is 0.316. The van der Waals surface area contributed by atoms with Gasteiger partial charge in [0, 0.05) is 5.69 Å². The van der Waals surface area contributed by atoms with Gasteiger partial charge in [-0.1, -0.05) is 11.6 Å². The maximum absolute atomic E-state index is 13.0. The highest BCUT2D eigenvalue weighted by molar-refractivity contribution is 7.92. The first-order valence-electron chi connectivity index (χ1n) is 8.46. The Labute approximate surface area is 163 Å². The lowest BCUT2D eigenvalue weighted by Gasteiger charge is -2.19. The van der Waals surface area contributed by atoms with E-state index in [1.165, 1.54) is 32.4 Å². The molecule has 0 spiro atoms. The van der Waals surface area contributed by atoms with E-state index >= 15 is 0 Å². The minimum absolute atomic E-state index is 0.0696. The molecule has 0 fully saturated rings. The van der Waals surface area contributed by atoms with Crippen molar-refractivity contribution in [1.29, 1.82) is 0 Å². The lowest BCUT2D eigenvalue weighted by Crippen LogP contribution is -2.16. The van der Waals surface area contributed by atoms with E-state index in [9.17, 15) is 13.2 Å². The van der Waals surface area contributed by atoms with Gasteiger partial charge in [-0.25, -0.2) is 13.2 Å². The van der Waals surface area contributed by atoms with Gasteiger partial charge in [0.2, 0.25) is 0 Å². The summed E-state index contributed by atoms with van der Waals surface area (Å²) >= 11 is 5.99. The van der Waals surface area contributed by atoms with Crippen LogP contribution in [0.15, 0.2) is 35.2 Å². The Morgan fingerprint density at radius 3 is 2.37 bits per heavy atom. The van der Waals surface area contributed by atoms with Crippen molar-refractivity contribution in [2.45, 2.75) is 30.6 Å². The van der Waals surface area contributed by atoms with Gasteiger partial charge in [0.25, 0.3) is 10.0 Å². The summed E-state index contributed by atoms with van der Waals surface area (Å²) in [6.45, 7) is 0. The van der Waals surface area contributed by atoms with Crippen molar-refractivity contribution in [3.63, 3.8) is 0 Å². The van der Waals surface area contributed by atoms with Crippen molar-refractivity contribution in [3.8, 4) is 5.75 Å². The number of hydrogen-bond donors (Lipinski definition) is 1. The number of ether oxygens (including phenoxy) is 2. The zero-order valence-electron chi connectivity index (χ0n) is 15.0. The van der Waals surface area contributed by atoms with E-state index in [2.05, 4.69) is 9.46 Å². The summed E-state index contributed by atoms with van der Waals surface area (Å²) in [5.74, 6) is -0.349. The largest absolute Gasteiger partial charge is 0.495 e. The molecule has 0 radical (unpaired) electrons. The standard InChI is InChI=1S/C19H20ClNO5S/c1-25-17-9-12-5-3-4-6-13(12)10-18(17)27(23,24)21-14-7-8-16(20)15(11-14)19(22)26-2/h7-11,21H,3-6H2,1-2H3. The minimum atomic E-state index is -3.92. The van der Waals surface area contributed by atoms with Crippen molar-refractivity contribution in [2.24, 2.45) is 0 Å². The van der Waals surface area contributed by atoms with E-state index in [-0.39, 0.29) is 21.2 Å². The summed E-state index contributed by atoms with van der Waals surface area (Å²) in [5.41, 5.74) is 2.43. The van der Waals surface area contributed by atoms with Gasteiger partial charge in [0.1, 0.15) is 10.6 Å². The molecule has 0 heterocycles. The van der Waals surface area contributed by atoms with Gasteiger partial charge in [-0.3, -0.25) is 4.72 Å². The minimum Gasteiger partial charge on any atom is -0.495 e. The molecule has 0 atom stereocenters. The van der Waals surface area contributed by atoms with Crippen LogP contribution in [0, 0.1) is 0 Å². The third-order valence-electron chi connectivity index (χ3n) is 4.54. The first kappa shape index (κ1) is 19.5. The number of carbonyl (C=O) groups is 1. The molecule has 0 bridgehead atoms. The Morgan fingerprint density at radius 1 is 1.07 bits per heavy atom. The second-order valence-corrected chi connectivity index (χ2v) is 8.33. The quantitative estimate of drug-likeness (QED) is 0.759. The van der Waals surface area contributed by atoms with Crippen molar-refractivity contribution in [1.82, 2.24) is 0 Å². The second-order valence-electron chi connectivity index (χ2n) is 6.27. The van der Waals surface area contributed by atoms with Gasteiger partial charge < -0.3 is 9.47 Å². The molecule has 0 aromatic heterocycles. The Balaban J connectivity index is 1.99. The predicted octanol–water partition coefficient (Wildman–Crippen LogP) is 3.81. The van der Waals surface area contributed by atoms with E-state index in [0.717, 1.165) is 36.8 Å². The molecule has 144 valence electrons. The fourth-order valence-electron chi connectivity index (χ4n) is 3.18. The van der Waals surface area contributed by atoms with Gasteiger partial charge in [-0.15, -0.1) is 0 Å². The molecule has 0 saturated carbocycles. The SMILES string of the molecule is COC(=O)c1cc(NS(=O)(=O)c2cc3c(cc2OC)CCCC3)ccc1Cl. The Bertz CT molecular complexity index is 988. The lowest BCUT2D eigenvalue weighted by atomic mass is 9.92. The molecule has 3 rings (SSSR count). The summed E-state index contributed by atoms with van der Waals surface area (Å²) in [5, 5.41) is 0.177. The van der Waals surface area contributed by atoms with Gasteiger partial charge in [0.15, 0.2) is 0 Å². The summed E-state index contributed by atoms with van der Waals surface area (Å²) in [6, 6.07) is 7.74. The number of benzene rings is 2. The number of carbonyl (C=O) groups excluding carboxylic acids is 1. The first-order chi connectivity index (χ1) is 12.9. The number of nitrogens with one attached hydrogen (secondary N) is 1. The number of methoxy groups -OCH3 is 2. The van der Waals surface area contributed by atoms with Crippen molar-refractivity contribution in [3.05, 3.63) is 52.0 Å². The molecule has 2 aromatic rings. The third-order valence-corrected chi connectivity index (χ3v) is 6.27. The highest BCUT2D eigenvalue weighted by Gasteiger charge is 2.24. The highest BCUT2D eigenvalue weighted by Crippen LogP contribution is 2.33. The van der Waals surface area contributed by atoms with E-state index in [0.29, 0.717) is 5.75 Å². The second kappa shape index (κ2) is 7.78. The number of halogens is 1. The fourth-order valence-corrected chi connectivity index (χ4v) is 4.62. The average molecular weight is 410 g/mol. The summed E-state index contributed by atoms with van der Waals surface area (Å²) in [7, 11) is -1.25. The zero-order chi connectivity index (χ0) is 19.6. The highest BCUT2D eigenvalue weighted by atomic mass is 35.5. The number of rotatable bonds is 5. The molecule has 0 aliphatic heterocycles. The van der Waals surface area contributed by atoms with Gasteiger partial charge >= 0.3 is 5.97 Å². The van der Waals surface area contributed by atoms with Crippen LogP contribution in [-0.2, 0) is 27.6 Å². The topological polar surface area (TPSA) is 81.7 Å². The van der Waals surface area contributed by atoms with E-state index in [1.54, 1.807) is 12.1 Å². The molecule has 8 heteroatoms. The maximum atomic E-state index is 13.0. The predicted molar refractivity (Wildman–Crippen MR) is 103 cm³/mol. The molecule has 6 nitrogen and oxygen atoms in total. The number of aryl methyl sites for hydroxylation is 2. The van der Waals surface area contributed by atoms with Crippen molar-refractivity contribution < 1.29 is 22.7 Å². The van der Waals surface area contributed by atoms with Crippen LogP contribution in [0.5, 0.6) is 5.75 Å². The van der Waals surface area contributed by atoms with Crippen LogP contribution in [0.2, 0.25) is 5.02 Å². The molecule has 0 unspecified atom stereocenters.